The quantitative estimate of drug-likeness (QED) is 0.682. The molecule has 2 aromatic rings. The first-order valence-electron chi connectivity index (χ1n) is 11.2. The summed E-state index contributed by atoms with van der Waals surface area (Å²) < 4.78 is 27.4. The van der Waals surface area contributed by atoms with Crippen LogP contribution in [0.15, 0.2) is 53.9 Å². The molecule has 164 valence electrons. The van der Waals surface area contributed by atoms with Gasteiger partial charge in [-0.05, 0) is 55.5 Å². The molecule has 1 saturated carbocycles. The minimum absolute atomic E-state index is 0.0681. The molecular weight excluding hydrogens is 412 g/mol. The summed E-state index contributed by atoms with van der Waals surface area (Å²) in [4.78, 5) is 23.9. The van der Waals surface area contributed by atoms with E-state index in [4.69, 9.17) is 0 Å². The van der Waals surface area contributed by atoms with Crippen LogP contribution in [0, 0.1) is 5.41 Å². The van der Waals surface area contributed by atoms with Gasteiger partial charge in [0, 0.05) is 43.9 Å². The number of hydrogen-bond donors (Lipinski definition) is 0. The van der Waals surface area contributed by atoms with E-state index in [-0.39, 0.29) is 28.3 Å². The van der Waals surface area contributed by atoms with Gasteiger partial charge in [-0.2, -0.15) is 4.31 Å². The second-order valence-corrected chi connectivity index (χ2v) is 10.9. The zero-order valence-corrected chi connectivity index (χ0v) is 18.4. The third kappa shape index (κ3) is 3.36. The third-order valence-electron chi connectivity index (χ3n) is 7.32. The van der Waals surface area contributed by atoms with Gasteiger partial charge < -0.3 is 4.90 Å². The standard InChI is InChI=1S/C23H28N4O3S/c28-22-23(10-2-1-3-11-23)21(18-6-13-24-14-7-18)27(22)19-8-15-26(16-9-19)31(29,30)20-5-4-12-25-17-20/h4-7,12-14,17,19,21H,1-3,8-11,15-16H2. The second-order valence-electron chi connectivity index (χ2n) is 8.94. The summed E-state index contributed by atoms with van der Waals surface area (Å²) in [5, 5.41) is 0. The predicted molar refractivity (Wildman–Crippen MR) is 115 cm³/mol. The molecule has 8 heteroatoms. The molecule has 5 rings (SSSR count). The molecule has 2 aliphatic heterocycles. The van der Waals surface area contributed by atoms with E-state index < -0.39 is 10.0 Å². The van der Waals surface area contributed by atoms with Gasteiger partial charge >= 0.3 is 0 Å². The van der Waals surface area contributed by atoms with Crippen LogP contribution in [0.2, 0.25) is 0 Å². The number of piperidine rings is 1. The maximum absolute atomic E-state index is 13.5. The molecule has 1 aliphatic carbocycles. The van der Waals surface area contributed by atoms with Crippen molar-refractivity contribution in [1.29, 1.82) is 0 Å². The van der Waals surface area contributed by atoms with Crippen molar-refractivity contribution in [3.05, 3.63) is 54.6 Å². The SMILES string of the molecule is O=C1N(C2CCN(S(=O)(=O)c3cccnc3)CC2)C(c2ccncc2)C12CCCCC2. The minimum atomic E-state index is -3.55. The highest BCUT2D eigenvalue weighted by atomic mass is 32.2. The molecule has 1 unspecified atom stereocenters. The Morgan fingerprint density at radius 1 is 0.935 bits per heavy atom. The van der Waals surface area contributed by atoms with Crippen LogP contribution in [0.3, 0.4) is 0 Å². The van der Waals surface area contributed by atoms with Gasteiger partial charge in [-0.1, -0.05) is 19.3 Å². The van der Waals surface area contributed by atoms with Gasteiger partial charge in [-0.25, -0.2) is 8.42 Å². The van der Waals surface area contributed by atoms with Crippen molar-refractivity contribution in [1.82, 2.24) is 19.2 Å². The topological polar surface area (TPSA) is 83.5 Å². The van der Waals surface area contributed by atoms with E-state index in [2.05, 4.69) is 14.9 Å². The fourth-order valence-corrected chi connectivity index (χ4v) is 7.21. The molecule has 0 radical (unpaired) electrons. The average Bonchev–Trinajstić information content (AvgIpc) is 2.84. The maximum Gasteiger partial charge on any atom is 0.244 e. The van der Waals surface area contributed by atoms with Gasteiger partial charge in [-0.15, -0.1) is 0 Å². The molecular formula is C23H28N4O3S. The van der Waals surface area contributed by atoms with E-state index in [0.717, 1.165) is 31.2 Å². The number of pyridine rings is 2. The fourth-order valence-electron chi connectivity index (χ4n) is 5.77. The smallest absolute Gasteiger partial charge is 0.244 e. The lowest BCUT2D eigenvalue weighted by Gasteiger charge is -2.61. The second kappa shape index (κ2) is 7.98. The van der Waals surface area contributed by atoms with E-state index >= 15 is 0 Å². The first-order valence-corrected chi connectivity index (χ1v) is 12.6. The number of carbonyl (C=O) groups excluding carboxylic acids is 1. The number of likely N-dealkylation sites (tertiary alicyclic amines) is 1. The first-order chi connectivity index (χ1) is 15.0. The molecule has 7 nitrogen and oxygen atoms in total. The van der Waals surface area contributed by atoms with Crippen molar-refractivity contribution in [3.8, 4) is 0 Å². The highest BCUT2D eigenvalue weighted by molar-refractivity contribution is 7.89. The summed E-state index contributed by atoms with van der Waals surface area (Å²) in [6, 6.07) is 7.43. The number of hydrogen-bond acceptors (Lipinski definition) is 5. The molecule has 2 aromatic heterocycles. The van der Waals surface area contributed by atoms with Crippen LogP contribution in [0.5, 0.6) is 0 Å². The van der Waals surface area contributed by atoms with E-state index in [1.807, 2.05) is 12.1 Å². The number of amides is 1. The van der Waals surface area contributed by atoms with Gasteiger partial charge in [0.05, 0.1) is 11.5 Å². The average molecular weight is 441 g/mol. The van der Waals surface area contributed by atoms with Crippen LogP contribution in [0.4, 0.5) is 0 Å². The summed E-state index contributed by atoms with van der Waals surface area (Å²) in [5.41, 5.74) is 0.875. The van der Waals surface area contributed by atoms with E-state index in [9.17, 15) is 13.2 Å². The highest BCUT2D eigenvalue weighted by Crippen LogP contribution is 2.59. The Morgan fingerprint density at radius 2 is 1.65 bits per heavy atom. The molecule has 0 bridgehead atoms. The molecule has 1 amide bonds. The number of carbonyl (C=O) groups is 1. The molecule has 2 saturated heterocycles. The number of nitrogens with zero attached hydrogens (tertiary/aromatic N) is 4. The zero-order valence-electron chi connectivity index (χ0n) is 17.6. The van der Waals surface area contributed by atoms with Gasteiger partial charge in [0.2, 0.25) is 15.9 Å². The van der Waals surface area contributed by atoms with Crippen molar-refractivity contribution < 1.29 is 13.2 Å². The Labute approximate surface area is 183 Å². The highest BCUT2D eigenvalue weighted by Gasteiger charge is 2.62. The number of aromatic nitrogens is 2. The van der Waals surface area contributed by atoms with E-state index in [0.29, 0.717) is 25.9 Å². The zero-order chi connectivity index (χ0) is 21.5. The summed E-state index contributed by atoms with van der Waals surface area (Å²) in [6.45, 7) is 0.837. The Balaban J connectivity index is 1.35. The molecule has 3 aliphatic rings. The molecule has 0 N–H and O–H groups in total. The normalized spacial score (nSPS) is 24.8. The van der Waals surface area contributed by atoms with Gasteiger partial charge in [0.25, 0.3) is 0 Å². The third-order valence-corrected chi connectivity index (χ3v) is 9.20. The molecule has 31 heavy (non-hydrogen) atoms. The van der Waals surface area contributed by atoms with Crippen molar-refractivity contribution >= 4 is 15.9 Å². The first kappa shape index (κ1) is 20.6. The predicted octanol–water partition coefficient (Wildman–Crippen LogP) is 3.16. The van der Waals surface area contributed by atoms with Crippen molar-refractivity contribution in [2.45, 2.75) is 61.9 Å². The molecule has 3 fully saturated rings. The van der Waals surface area contributed by atoms with Gasteiger partial charge in [-0.3, -0.25) is 14.8 Å². The van der Waals surface area contributed by atoms with E-state index in [1.54, 1.807) is 30.7 Å². The maximum atomic E-state index is 13.5. The minimum Gasteiger partial charge on any atom is -0.331 e. The van der Waals surface area contributed by atoms with Crippen LogP contribution < -0.4 is 0 Å². The Kier molecular flexibility index (Phi) is 5.30. The molecule has 4 heterocycles. The number of β-lactam (4-membered cyclic amide) rings is 1. The van der Waals surface area contributed by atoms with Crippen molar-refractivity contribution in [3.63, 3.8) is 0 Å². The Bertz CT molecular complexity index is 1030. The summed E-state index contributed by atoms with van der Waals surface area (Å²) in [5.74, 6) is 0.266. The van der Waals surface area contributed by atoms with Crippen molar-refractivity contribution in [2.75, 3.05) is 13.1 Å². The Morgan fingerprint density at radius 3 is 2.29 bits per heavy atom. The van der Waals surface area contributed by atoms with Gasteiger partial charge in [0.15, 0.2) is 0 Å². The molecule has 1 atom stereocenters. The monoisotopic (exact) mass is 440 g/mol. The lowest BCUT2D eigenvalue weighted by atomic mass is 9.59. The van der Waals surface area contributed by atoms with Crippen molar-refractivity contribution in [2.24, 2.45) is 5.41 Å². The van der Waals surface area contributed by atoms with Gasteiger partial charge in [0.1, 0.15) is 4.90 Å². The summed E-state index contributed by atoms with van der Waals surface area (Å²) in [6.07, 6.45) is 13.2. The number of rotatable bonds is 4. The largest absolute Gasteiger partial charge is 0.331 e. The van der Waals surface area contributed by atoms with Crippen LogP contribution in [-0.2, 0) is 14.8 Å². The molecule has 0 aromatic carbocycles. The summed E-state index contributed by atoms with van der Waals surface area (Å²) >= 11 is 0. The Hall–Kier alpha value is -2.32. The van der Waals surface area contributed by atoms with Crippen LogP contribution >= 0.6 is 0 Å². The summed E-state index contributed by atoms with van der Waals surface area (Å²) in [7, 11) is -3.55. The fraction of sp³-hybridized carbons (Fsp3) is 0.522. The van der Waals surface area contributed by atoms with E-state index in [1.165, 1.54) is 16.9 Å². The number of sulfonamides is 1. The van der Waals surface area contributed by atoms with Crippen LogP contribution in [-0.4, -0.2) is 52.6 Å². The van der Waals surface area contributed by atoms with Crippen LogP contribution in [0.25, 0.3) is 0 Å². The molecule has 1 spiro atoms. The lowest BCUT2D eigenvalue weighted by molar-refractivity contribution is -0.186. The van der Waals surface area contributed by atoms with Crippen LogP contribution in [0.1, 0.15) is 56.6 Å². The lowest BCUT2D eigenvalue weighted by Crippen LogP contribution is -2.67.